The van der Waals surface area contributed by atoms with E-state index in [1.807, 2.05) is 6.07 Å². The maximum Gasteiger partial charge on any atom is 0.275 e. The molecule has 1 heterocycles. The van der Waals surface area contributed by atoms with E-state index in [9.17, 15) is 4.79 Å². The van der Waals surface area contributed by atoms with E-state index in [-0.39, 0.29) is 11.4 Å². The third-order valence-corrected chi connectivity index (χ3v) is 3.74. The van der Waals surface area contributed by atoms with E-state index < -0.39 is 5.56 Å². The number of rotatable bonds is 2. The fourth-order valence-corrected chi connectivity index (χ4v) is 2.65. The molecule has 5 heteroatoms. The minimum Gasteiger partial charge on any atom is -0.384 e. The van der Waals surface area contributed by atoms with E-state index in [0.29, 0.717) is 5.69 Å². The molecule has 0 saturated heterocycles. The van der Waals surface area contributed by atoms with Gasteiger partial charge in [-0.2, -0.15) is 5.10 Å². The van der Waals surface area contributed by atoms with Crippen LogP contribution < -0.4 is 11.3 Å². The first-order valence-electron chi connectivity index (χ1n) is 6.71. The lowest BCUT2D eigenvalue weighted by molar-refractivity contribution is 0.686. The Labute approximate surface area is 116 Å². The Morgan fingerprint density at radius 3 is 2.70 bits per heavy atom. The highest BCUT2D eigenvalue weighted by Gasteiger charge is 2.12. The number of amidine groups is 1. The number of benzene rings is 1. The highest BCUT2D eigenvalue weighted by atomic mass is 16.1. The van der Waals surface area contributed by atoms with E-state index in [1.165, 1.54) is 24.0 Å². The summed E-state index contributed by atoms with van der Waals surface area (Å²) in [6.07, 6.45) is 4.69. The van der Waals surface area contributed by atoms with Crippen LogP contribution in [-0.2, 0) is 12.8 Å². The average molecular weight is 268 g/mol. The number of aromatic nitrogens is 2. The van der Waals surface area contributed by atoms with Crippen LogP contribution in [0.1, 0.15) is 29.5 Å². The second kappa shape index (κ2) is 4.92. The Morgan fingerprint density at radius 2 is 1.95 bits per heavy atom. The van der Waals surface area contributed by atoms with Crippen LogP contribution in [0.2, 0.25) is 0 Å². The van der Waals surface area contributed by atoms with Gasteiger partial charge in [-0.15, -0.1) is 0 Å². The normalized spacial score (nSPS) is 13.8. The van der Waals surface area contributed by atoms with Crippen molar-refractivity contribution in [2.24, 2.45) is 5.73 Å². The first-order valence-corrected chi connectivity index (χ1v) is 6.71. The summed E-state index contributed by atoms with van der Waals surface area (Å²) in [4.78, 5) is 11.5. The van der Waals surface area contributed by atoms with Gasteiger partial charge in [0.05, 0.1) is 11.3 Å². The summed E-state index contributed by atoms with van der Waals surface area (Å²) in [5.41, 5.74) is 9.48. The molecule has 5 nitrogen and oxygen atoms in total. The Balaban J connectivity index is 2.07. The predicted octanol–water partition coefficient (Wildman–Crippen LogP) is 1.60. The standard InChI is InChI=1S/C15H16N4O/c16-14(17)12-8-13(18-19-15(12)20)11-6-5-9-3-1-2-4-10(9)7-11/h5-8H,1-4H2,(H3,16,17)(H,19,20). The number of fused-ring (bicyclic) bond motifs is 1. The molecular formula is C15H16N4O. The lowest BCUT2D eigenvalue weighted by atomic mass is 9.90. The van der Waals surface area contributed by atoms with Crippen molar-refractivity contribution in [3.05, 3.63) is 51.3 Å². The number of aryl methyl sites for hydroxylation is 2. The smallest absolute Gasteiger partial charge is 0.275 e. The molecule has 0 fully saturated rings. The molecule has 20 heavy (non-hydrogen) atoms. The maximum atomic E-state index is 11.5. The summed E-state index contributed by atoms with van der Waals surface area (Å²) in [6.45, 7) is 0. The van der Waals surface area contributed by atoms with Gasteiger partial charge >= 0.3 is 0 Å². The molecule has 1 aliphatic rings. The van der Waals surface area contributed by atoms with E-state index in [1.54, 1.807) is 6.07 Å². The summed E-state index contributed by atoms with van der Waals surface area (Å²) in [6, 6.07) is 7.84. The Bertz CT molecular complexity index is 733. The number of nitrogens with one attached hydrogen (secondary N) is 2. The summed E-state index contributed by atoms with van der Waals surface area (Å²) < 4.78 is 0. The van der Waals surface area contributed by atoms with Crippen molar-refractivity contribution >= 4 is 5.84 Å². The van der Waals surface area contributed by atoms with Gasteiger partial charge in [0.25, 0.3) is 5.56 Å². The zero-order chi connectivity index (χ0) is 14.1. The van der Waals surface area contributed by atoms with Gasteiger partial charge in [0.1, 0.15) is 5.84 Å². The number of nitrogens with two attached hydrogens (primary N) is 1. The van der Waals surface area contributed by atoms with Crippen LogP contribution in [-0.4, -0.2) is 16.0 Å². The van der Waals surface area contributed by atoms with Gasteiger partial charge in [-0.3, -0.25) is 10.2 Å². The largest absolute Gasteiger partial charge is 0.384 e. The Morgan fingerprint density at radius 1 is 1.20 bits per heavy atom. The topological polar surface area (TPSA) is 95.6 Å². The fraction of sp³-hybridized carbons (Fsp3) is 0.267. The van der Waals surface area contributed by atoms with Crippen molar-refractivity contribution in [1.82, 2.24) is 10.2 Å². The van der Waals surface area contributed by atoms with Gasteiger partial charge < -0.3 is 5.73 Å². The minimum absolute atomic E-state index is 0.160. The molecule has 102 valence electrons. The molecular weight excluding hydrogens is 252 g/mol. The second-order valence-corrected chi connectivity index (χ2v) is 5.10. The molecule has 1 aromatic carbocycles. The molecule has 1 aromatic heterocycles. The van der Waals surface area contributed by atoms with Crippen LogP contribution in [0.15, 0.2) is 29.1 Å². The van der Waals surface area contributed by atoms with Crippen molar-refractivity contribution in [3.63, 3.8) is 0 Å². The van der Waals surface area contributed by atoms with Crippen molar-refractivity contribution in [2.45, 2.75) is 25.7 Å². The molecule has 0 unspecified atom stereocenters. The quantitative estimate of drug-likeness (QED) is 0.570. The lowest BCUT2D eigenvalue weighted by Crippen LogP contribution is -2.24. The van der Waals surface area contributed by atoms with Gasteiger partial charge in [-0.25, -0.2) is 5.10 Å². The van der Waals surface area contributed by atoms with Crippen LogP contribution in [0.25, 0.3) is 11.3 Å². The maximum absolute atomic E-state index is 11.5. The molecule has 0 saturated carbocycles. The Kier molecular flexibility index (Phi) is 3.10. The van der Waals surface area contributed by atoms with Crippen LogP contribution in [0.3, 0.4) is 0 Å². The van der Waals surface area contributed by atoms with Crippen LogP contribution in [0.4, 0.5) is 0 Å². The second-order valence-electron chi connectivity index (χ2n) is 5.10. The van der Waals surface area contributed by atoms with Crippen LogP contribution >= 0.6 is 0 Å². The SMILES string of the molecule is N=C(N)c1cc(-c2ccc3c(c2)CCCC3)n[nH]c1=O. The van der Waals surface area contributed by atoms with Crippen molar-refractivity contribution in [3.8, 4) is 11.3 Å². The first kappa shape index (κ1) is 12.6. The van der Waals surface area contributed by atoms with E-state index in [4.69, 9.17) is 11.1 Å². The molecule has 0 aliphatic heterocycles. The molecule has 3 rings (SSSR count). The monoisotopic (exact) mass is 268 g/mol. The van der Waals surface area contributed by atoms with E-state index in [0.717, 1.165) is 18.4 Å². The zero-order valence-electron chi connectivity index (χ0n) is 11.1. The summed E-state index contributed by atoms with van der Waals surface area (Å²) >= 11 is 0. The molecule has 0 radical (unpaired) electrons. The van der Waals surface area contributed by atoms with Gasteiger partial charge in [0, 0.05) is 5.56 Å². The minimum atomic E-state index is -0.431. The fourth-order valence-electron chi connectivity index (χ4n) is 2.65. The zero-order valence-corrected chi connectivity index (χ0v) is 11.1. The molecule has 0 atom stereocenters. The molecule has 0 spiro atoms. The molecule has 1 aliphatic carbocycles. The van der Waals surface area contributed by atoms with Crippen LogP contribution in [0.5, 0.6) is 0 Å². The highest BCUT2D eigenvalue weighted by molar-refractivity contribution is 5.95. The molecule has 2 aromatic rings. The summed E-state index contributed by atoms with van der Waals surface area (Å²) in [7, 11) is 0. The van der Waals surface area contributed by atoms with Crippen LogP contribution in [0, 0.1) is 5.41 Å². The number of hydrogen-bond acceptors (Lipinski definition) is 3. The Hall–Kier alpha value is -2.43. The van der Waals surface area contributed by atoms with Crippen molar-refractivity contribution in [2.75, 3.05) is 0 Å². The predicted molar refractivity (Wildman–Crippen MR) is 78.0 cm³/mol. The van der Waals surface area contributed by atoms with Gasteiger partial charge in [0.15, 0.2) is 0 Å². The number of aromatic amines is 1. The van der Waals surface area contributed by atoms with Crippen molar-refractivity contribution < 1.29 is 0 Å². The third kappa shape index (κ3) is 2.22. The van der Waals surface area contributed by atoms with Gasteiger partial charge in [0.2, 0.25) is 0 Å². The number of H-pyrrole nitrogens is 1. The third-order valence-electron chi connectivity index (χ3n) is 3.74. The van der Waals surface area contributed by atoms with Gasteiger partial charge in [-0.1, -0.05) is 12.1 Å². The van der Waals surface area contributed by atoms with E-state index in [2.05, 4.69) is 22.3 Å². The summed E-state index contributed by atoms with van der Waals surface area (Å²) in [5, 5.41) is 13.9. The molecule has 0 amide bonds. The molecule has 4 N–H and O–H groups in total. The van der Waals surface area contributed by atoms with Crippen molar-refractivity contribution in [1.29, 1.82) is 5.41 Å². The van der Waals surface area contributed by atoms with E-state index >= 15 is 0 Å². The van der Waals surface area contributed by atoms with Gasteiger partial charge in [-0.05, 0) is 48.9 Å². The first-order chi connectivity index (χ1) is 9.65. The summed E-state index contributed by atoms with van der Waals surface area (Å²) in [5.74, 6) is -0.243. The highest BCUT2D eigenvalue weighted by Crippen LogP contribution is 2.26. The number of nitrogen functional groups attached to an aromatic ring is 1. The average Bonchev–Trinajstić information content (AvgIpc) is 2.47. The molecule has 0 bridgehead atoms. The number of nitrogens with zero attached hydrogens (tertiary/aromatic N) is 1. The lowest BCUT2D eigenvalue weighted by Gasteiger charge is -2.16. The number of hydrogen-bond donors (Lipinski definition) is 3.